The summed E-state index contributed by atoms with van der Waals surface area (Å²) >= 11 is 2.73. The first-order valence-electron chi connectivity index (χ1n) is 5.25. The third kappa shape index (κ3) is 4.00. The molecule has 20 heavy (non-hydrogen) atoms. The summed E-state index contributed by atoms with van der Waals surface area (Å²) in [6.07, 6.45) is -9.76. The Balaban J connectivity index is 3.19. The van der Waals surface area contributed by atoms with Gasteiger partial charge in [0.05, 0.1) is 13.0 Å². The number of hydrogen-bond acceptors (Lipinski definition) is 2. The van der Waals surface area contributed by atoms with Crippen LogP contribution in [0.5, 0.6) is 0 Å². The maximum atomic E-state index is 12.7. The number of carbonyl (C=O) groups excluding carboxylic acids is 1. The summed E-state index contributed by atoms with van der Waals surface area (Å²) in [6.45, 7) is 0. The van der Waals surface area contributed by atoms with Crippen molar-refractivity contribution in [3.05, 3.63) is 23.3 Å². The first-order chi connectivity index (χ1) is 8.96. The zero-order valence-electron chi connectivity index (χ0n) is 9.98. The van der Waals surface area contributed by atoms with Gasteiger partial charge in [0.15, 0.2) is 0 Å². The fourth-order valence-electron chi connectivity index (χ4n) is 1.64. The first-order valence-corrected chi connectivity index (χ1v) is 6.16. The first kappa shape index (κ1) is 17.1. The standard InChI is InChI=1S/C11H9BrF6O2/c1-20-9(19)8(12)5-2-6(10(13,14)15)4-7(3-5)11(16,17)18/h2-3,6,8H,4H2,1H3. The molecule has 1 aliphatic carbocycles. The predicted molar refractivity (Wildman–Crippen MR) is 61.1 cm³/mol. The predicted octanol–water partition coefficient (Wildman–Crippen LogP) is 3.92. The molecule has 2 atom stereocenters. The van der Waals surface area contributed by atoms with Gasteiger partial charge in [-0.3, -0.25) is 4.79 Å². The molecule has 0 saturated heterocycles. The molecule has 0 spiro atoms. The minimum Gasteiger partial charge on any atom is -0.468 e. The average molecular weight is 367 g/mol. The molecule has 2 unspecified atom stereocenters. The van der Waals surface area contributed by atoms with Crippen LogP contribution in [0.3, 0.4) is 0 Å². The molecule has 0 aromatic heterocycles. The van der Waals surface area contributed by atoms with E-state index in [-0.39, 0.29) is 0 Å². The van der Waals surface area contributed by atoms with Gasteiger partial charge in [-0.1, -0.05) is 22.0 Å². The number of allylic oxidation sites excluding steroid dienone is 3. The minimum atomic E-state index is -4.88. The lowest BCUT2D eigenvalue weighted by Crippen LogP contribution is -2.30. The second kappa shape index (κ2) is 5.79. The van der Waals surface area contributed by atoms with Crippen molar-refractivity contribution >= 4 is 21.9 Å². The largest absolute Gasteiger partial charge is 0.468 e. The summed E-state index contributed by atoms with van der Waals surface area (Å²) in [4.78, 5) is 9.84. The van der Waals surface area contributed by atoms with Gasteiger partial charge in [-0.2, -0.15) is 26.3 Å². The van der Waals surface area contributed by atoms with Crippen LogP contribution in [0.4, 0.5) is 26.3 Å². The Bertz CT molecular complexity index is 449. The molecule has 0 radical (unpaired) electrons. The van der Waals surface area contributed by atoms with Crippen LogP contribution in [0, 0.1) is 5.92 Å². The molecule has 0 N–H and O–H groups in total. The molecule has 114 valence electrons. The number of rotatable bonds is 2. The van der Waals surface area contributed by atoms with Crippen LogP contribution < -0.4 is 0 Å². The zero-order valence-corrected chi connectivity index (χ0v) is 11.6. The van der Waals surface area contributed by atoms with Gasteiger partial charge in [-0.25, -0.2) is 0 Å². The molecule has 0 bridgehead atoms. The van der Waals surface area contributed by atoms with E-state index in [2.05, 4.69) is 20.7 Å². The summed E-state index contributed by atoms with van der Waals surface area (Å²) in [5.41, 5.74) is -1.75. The number of carbonyl (C=O) groups is 1. The molecule has 2 nitrogen and oxygen atoms in total. The van der Waals surface area contributed by atoms with Crippen LogP contribution in [0.15, 0.2) is 23.3 Å². The summed E-state index contributed by atoms with van der Waals surface area (Å²) in [5, 5.41) is 0. The summed E-state index contributed by atoms with van der Waals surface area (Å²) in [6, 6.07) is 0. The number of alkyl halides is 7. The van der Waals surface area contributed by atoms with Gasteiger partial charge in [-0.05, 0) is 18.1 Å². The number of ether oxygens (including phenoxy) is 1. The van der Waals surface area contributed by atoms with E-state index in [1.54, 1.807) is 0 Å². The molecule has 0 aromatic carbocycles. The highest BCUT2D eigenvalue weighted by molar-refractivity contribution is 9.10. The van der Waals surface area contributed by atoms with E-state index in [1.165, 1.54) is 0 Å². The fourth-order valence-corrected chi connectivity index (χ4v) is 2.11. The molecule has 0 saturated carbocycles. The van der Waals surface area contributed by atoms with Crippen LogP contribution >= 0.6 is 15.9 Å². The minimum absolute atomic E-state index is 0.419. The van der Waals surface area contributed by atoms with E-state index < -0.39 is 46.6 Å². The fraction of sp³-hybridized carbons (Fsp3) is 0.545. The van der Waals surface area contributed by atoms with Crippen LogP contribution in [0.1, 0.15) is 6.42 Å². The van der Waals surface area contributed by atoms with Crippen LogP contribution in [0.2, 0.25) is 0 Å². The van der Waals surface area contributed by atoms with Gasteiger partial charge in [-0.15, -0.1) is 0 Å². The van der Waals surface area contributed by atoms with Crippen LogP contribution in [-0.2, 0) is 9.53 Å². The van der Waals surface area contributed by atoms with Crippen molar-refractivity contribution in [2.24, 2.45) is 5.92 Å². The van der Waals surface area contributed by atoms with Gasteiger partial charge >= 0.3 is 18.3 Å². The monoisotopic (exact) mass is 366 g/mol. The highest BCUT2D eigenvalue weighted by Gasteiger charge is 2.46. The van der Waals surface area contributed by atoms with Crippen molar-refractivity contribution in [1.82, 2.24) is 0 Å². The van der Waals surface area contributed by atoms with Crippen molar-refractivity contribution in [2.45, 2.75) is 23.6 Å². The Hall–Kier alpha value is -0.990. The highest BCUT2D eigenvalue weighted by atomic mass is 79.9. The molecular formula is C11H9BrF6O2. The Morgan fingerprint density at radius 1 is 1.35 bits per heavy atom. The van der Waals surface area contributed by atoms with Gasteiger partial charge in [0.25, 0.3) is 0 Å². The van der Waals surface area contributed by atoms with Gasteiger partial charge in [0.2, 0.25) is 0 Å². The lowest BCUT2D eigenvalue weighted by Gasteiger charge is -2.26. The van der Waals surface area contributed by atoms with Crippen molar-refractivity contribution in [2.75, 3.05) is 7.11 Å². The Morgan fingerprint density at radius 3 is 2.30 bits per heavy atom. The van der Waals surface area contributed by atoms with Crippen molar-refractivity contribution in [3.63, 3.8) is 0 Å². The zero-order chi connectivity index (χ0) is 15.7. The van der Waals surface area contributed by atoms with Crippen molar-refractivity contribution < 1.29 is 35.9 Å². The summed E-state index contributed by atoms with van der Waals surface area (Å²) in [5.74, 6) is -3.26. The summed E-state index contributed by atoms with van der Waals surface area (Å²) in [7, 11) is 0.982. The Morgan fingerprint density at radius 2 is 1.90 bits per heavy atom. The van der Waals surface area contributed by atoms with E-state index in [1.807, 2.05) is 0 Å². The molecule has 0 heterocycles. The molecular weight excluding hydrogens is 358 g/mol. The van der Waals surface area contributed by atoms with E-state index in [4.69, 9.17) is 0 Å². The second-order valence-corrected chi connectivity index (χ2v) is 4.99. The highest BCUT2D eigenvalue weighted by Crippen LogP contribution is 2.42. The van der Waals surface area contributed by atoms with Gasteiger partial charge < -0.3 is 4.74 Å². The smallest absolute Gasteiger partial charge is 0.412 e. The SMILES string of the molecule is COC(=O)C(Br)C1=CC(C(F)(F)F)CC(C(F)(F)F)=C1. The van der Waals surface area contributed by atoms with E-state index in [0.717, 1.165) is 7.11 Å². The number of halogens is 7. The molecule has 1 rings (SSSR count). The molecule has 0 aliphatic heterocycles. The van der Waals surface area contributed by atoms with Crippen LogP contribution in [0.25, 0.3) is 0 Å². The molecule has 0 fully saturated rings. The molecule has 0 amide bonds. The van der Waals surface area contributed by atoms with E-state index in [0.29, 0.717) is 12.2 Å². The third-order valence-corrected chi connectivity index (χ3v) is 3.56. The van der Waals surface area contributed by atoms with Crippen molar-refractivity contribution in [3.8, 4) is 0 Å². The van der Waals surface area contributed by atoms with Crippen LogP contribution in [-0.4, -0.2) is 30.3 Å². The normalized spacial score (nSPS) is 21.9. The maximum absolute atomic E-state index is 12.7. The van der Waals surface area contributed by atoms with Gasteiger partial charge in [0, 0.05) is 5.57 Å². The second-order valence-electron chi connectivity index (χ2n) is 4.07. The number of hydrogen-bond donors (Lipinski definition) is 0. The quantitative estimate of drug-likeness (QED) is 0.420. The van der Waals surface area contributed by atoms with Crippen molar-refractivity contribution in [1.29, 1.82) is 0 Å². The maximum Gasteiger partial charge on any atom is 0.412 e. The average Bonchev–Trinajstić information content (AvgIpc) is 2.34. The Labute approximate surface area is 118 Å². The summed E-state index contributed by atoms with van der Waals surface area (Å²) < 4.78 is 80.1. The van der Waals surface area contributed by atoms with E-state index >= 15 is 0 Å². The van der Waals surface area contributed by atoms with Gasteiger partial charge in [0.1, 0.15) is 4.83 Å². The Kier molecular flexibility index (Phi) is 4.94. The molecule has 9 heteroatoms. The third-order valence-electron chi connectivity index (χ3n) is 2.66. The van der Waals surface area contributed by atoms with E-state index in [9.17, 15) is 31.1 Å². The number of methoxy groups -OCH3 is 1. The molecule has 0 aromatic rings. The molecule has 1 aliphatic rings. The lowest BCUT2D eigenvalue weighted by molar-refractivity contribution is -0.166. The topological polar surface area (TPSA) is 26.3 Å². The number of esters is 1. The lowest BCUT2D eigenvalue weighted by atomic mass is 9.88.